The fourth-order valence-electron chi connectivity index (χ4n) is 6.45. The molecule has 6 heteroatoms. The van der Waals surface area contributed by atoms with Gasteiger partial charge in [0.1, 0.15) is 11.5 Å². The number of benzene rings is 2. The molecule has 2 aromatic rings. The van der Waals surface area contributed by atoms with Gasteiger partial charge in [0, 0.05) is 11.1 Å². The van der Waals surface area contributed by atoms with E-state index < -0.39 is 0 Å². The van der Waals surface area contributed by atoms with Crippen LogP contribution in [-0.4, -0.2) is 65.1 Å². The summed E-state index contributed by atoms with van der Waals surface area (Å²) >= 11 is 0. The zero-order chi connectivity index (χ0) is 27.5. The Kier molecular flexibility index (Phi) is 11.4. The minimum absolute atomic E-state index is 0.160. The van der Waals surface area contributed by atoms with Crippen LogP contribution in [0, 0.1) is 11.8 Å². The van der Waals surface area contributed by atoms with Crippen molar-refractivity contribution in [2.45, 2.75) is 57.8 Å². The normalized spacial score (nSPS) is 18.9. The van der Waals surface area contributed by atoms with Gasteiger partial charge in [-0.15, -0.1) is 0 Å². The molecule has 0 aliphatic carbocycles. The number of likely N-dealkylation sites (tertiary alicyclic amines) is 2. The molecule has 0 saturated carbocycles. The zero-order valence-corrected chi connectivity index (χ0v) is 24.0. The third kappa shape index (κ3) is 8.64. The minimum Gasteiger partial charge on any atom is -0.497 e. The Morgan fingerprint density at radius 3 is 1.23 bits per heavy atom. The number of nitrogens with one attached hydrogen (secondary N) is 2. The number of carbonyl (C=O) groups excluding carboxylic acids is 2. The molecule has 2 N–H and O–H groups in total. The standard InChI is InChI=1S/C33H46N2O4/c1-38-30-15-11-26(12-16-30)32(36)28(24-34-19-7-3-4-8-20-34)23-29(25-35-21-9-5-6-10-22-35)33(37)27-13-17-31(39-2)18-14-27/h11-18,28-29H,3-10,19-25H2,1-2H3/p+2. The summed E-state index contributed by atoms with van der Waals surface area (Å²) < 4.78 is 10.7. The molecule has 2 aromatic carbocycles. The molecule has 2 unspecified atom stereocenters. The summed E-state index contributed by atoms with van der Waals surface area (Å²) in [7, 11) is 3.28. The number of ketones is 2. The second-order valence-corrected chi connectivity index (χ2v) is 11.6. The van der Waals surface area contributed by atoms with Crippen molar-refractivity contribution in [3.05, 3.63) is 59.7 Å². The third-order valence-electron chi connectivity index (χ3n) is 8.75. The van der Waals surface area contributed by atoms with Crippen LogP contribution in [0.2, 0.25) is 0 Å². The van der Waals surface area contributed by atoms with Crippen molar-refractivity contribution in [3.63, 3.8) is 0 Å². The fourth-order valence-corrected chi connectivity index (χ4v) is 6.45. The van der Waals surface area contributed by atoms with Crippen LogP contribution in [0.25, 0.3) is 0 Å². The maximum atomic E-state index is 14.0. The lowest BCUT2D eigenvalue weighted by Gasteiger charge is -2.28. The van der Waals surface area contributed by atoms with Crippen LogP contribution in [0.1, 0.15) is 78.5 Å². The molecular weight excluding hydrogens is 488 g/mol. The largest absolute Gasteiger partial charge is 0.497 e. The molecule has 0 spiro atoms. The molecule has 2 aliphatic heterocycles. The first kappa shape index (κ1) is 29.3. The number of Topliss-reactive ketones (excluding diaryl/α,β-unsaturated/α-hetero) is 2. The van der Waals surface area contributed by atoms with Crippen LogP contribution in [-0.2, 0) is 0 Å². The lowest BCUT2D eigenvalue weighted by molar-refractivity contribution is -0.904. The summed E-state index contributed by atoms with van der Waals surface area (Å²) in [4.78, 5) is 31.1. The fraction of sp³-hybridized carbons (Fsp3) is 0.576. The maximum absolute atomic E-state index is 14.0. The van der Waals surface area contributed by atoms with Gasteiger partial charge in [0.25, 0.3) is 0 Å². The molecule has 6 nitrogen and oxygen atoms in total. The molecule has 2 saturated heterocycles. The molecule has 0 aromatic heterocycles. The van der Waals surface area contributed by atoms with E-state index in [4.69, 9.17) is 9.47 Å². The number of ether oxygens (including phenoxy) is 2. The topological polar surface area (TPSA) is 61.5 Å². The van der Waals surface area contributed by atoms with Gasteiger partial charge in [-0.1, -0.05) is 0 Å². The van der Waals surface area contributed by atoms with E-state index in [1.165, 1.54) is 61.2 Å². The van der Waals surface area contributed by atoms with Gasteiger partial charge in [0.2, 0.25) is 0 Å². The Labute approximate surface area is 234 Å². The average molecular weight is 537 g/mol. The number of rotatable bonds is 12. The van der Waals surface area contributed by atoms with Gasteiger partial charge < -0.3 is 19.3 Å². The summed E-state index contributed by atoms with van der Waals surface area (Å²) in [5.41, 5.74) is 1.43. The quantitative estimate of drug-likeness (QED) is 0.409. The van der Waals surface area contributed by atoms with Crippen molar-refractivity contribution < 1.29 is 28.9 Å². The van der Waals surface area contributed by atoms with Crippen LogP contribution in [0.3, 0.4) is 0 Å². The Bertz CT molecular complexity index is 937. The summed E-state index contributed by atoms with van der Waals surface area (Å²) in [6.07, 6.45) is 10.6. The van der Waals surface area contributed by atoms with Crippen LogP contribution < -0.4 is 19.3 Å². The van der Waals surface area contributed by atoms with E-state index in [0.717, 1.165) is 50.8 Å². The van der Waals surface area contributed by atoms with Gasteiger partial charge in [0.05, 0.1) is 65.3 Å². The monoisotopic (exact) mass is 536 g/mol. The minimum atomic E-state index is -0.190. The molecule has 212 valence electrons. The number of quaternary nitrogens is 2. The van der Waals surface area contributed by atoms with Crippen LogP contribution in [0.4, 0.5) is 0 Å². The van der Waals surface area contributed by atoms with E-state index in [1.54, 1.807) is 14.2 Å². The smallest absolute Gasteiger partial charge is 0.171 e. The van der Waals surface area contributed by atoms with Gasteiger partial charge in [-0.3, -0.25) is 9.59 Å². The highest BCUT2D eigenvalue weighted by atomic mass is 16.5. The summed E-state index contributed by atoms with van der Waals surface area (Å²) in [5.74, 6) is 1.44. The lowest BCUT2D eigenvalue weighted by Crippen LogP contribution is -3.13. The first-order valence-corrected chi connectivity index (χ1v) is 15.1. The molecule has 39 heavy (non-hydrogen) atoms. The van der Waals surface area contributed by atoms with E-state index in [0.29, 0.717) is 17.5 Å². The van der Waals surface area contributed by atoms with E-state index >= 15 is 0 Å². The molecule has 0 amide bonds. The van der Waals surface area contributed by atoms with Crippen molar-refractivity contribution in [1.82, 2.24) is 0 Å². The number of methoxy groups -OCH3 is 2. The predicted octanol–water partition coefficient (Wildman–Crippen LogP) is 3.31. The Morgan fingerprint density at radius 1 is 0.590 bits per heavy atom. The highest BCUT2D eigenvalue weighted by Gasteiger charge is 2.34. The molecule has 0 radical (unpaired) electrons. The van der Waals surface area contributed by atoms with Gasteiger partial charge in [0.15, 0.2) is 11.6 Å². The van der Waals surface area contributed by atoms with E-state index in [9.17, 15) is 9.59 Å². The SMILES string of the molecule is COc1ccc(C(=O)C(CC(C[NH+]2CCCCCC2)C(=O)c2ccc(OC)cc2)C[NH+]2CCCCCC2)cc1. The number of hydrogen-bond acceptors (Lipinski definition) is 4. The Balaban J connectivity index is 1.60. The Hall–Kier alpha value is -2.70. The lowest BCUT2D eigenvalue weighted by atomic mass is 9.83. The molecule has 4 rings (SSSR count). The third-order valence-corrected chi connectivity index (χ3v) is 8.75. The van der Waals surface area contributed by atoms with Crippen LogP contribution in [0.5, 0.6) is 11.5 Å². The van der Waals surface area contributed by atoms with Gasteiger partial charge in [-0.25, -0.2) is 0 Å². The van der Waals surface area contributed by atoms with Crippen molar-refractivity contribution in [2.24, 2.45) is 11.8 Å². The Morgan fingerprint density at radius 2 is 0.923 bits per heavy atom. The van der Waals surface area contributed by atoms with Gasteiger partial charge in [-0.05, 0) is 106 Å². The zero-order valence-electron chi connectivity index (χ0n) is 24.0. The molecule has 2 fully saturated rings. The van der Waals surface area contributed by atoms with Gasteiger partial charge >= 0.3 is 0 Å². The molecule has 2 aliphatic rings. The van der Waals surface area contributed by atoms with Crippen LogP contribution >= 0.6 is 0 Å². The van der Waals surface area contributed by atoms with Crippen molar-refractivity contribution >= 4 is 11.6 Å². The highest BCUT2D eigenvalue weighted by molar-refractivity contribution is 6.00. The summed E-state index contributed by atoms with van der Waals surface area (Å²) in [6.45, 7) is 6.04. The summed E-state index contributed by atoms with van der Waals surface area (Å²) in [6, 6.07) is 15.0. The van der Waals surface area contributed by atoms with E-state index in [1.807, 2.05) is 48.5 Å². The number of hydrogen-bond donors (Lipinski definition) is 2. The average Bonchev–Trinajstić information content (AvgIpc) is 3.41. The molecular formula is C33H48N2O4+2. The van der Waals surface area contributed by atoms with Gasteiger partial charge in [-0.2, -0.15) is 0 Å². The highest BCUT2D eigenvalue weighted by Crippen LogP contribution is 2.23. The molecule has 2 atom stereocenters. The van der Waals surface area contributed by atoms with E-state index in [-0.39, 0.29) is 23.4 Å². The maximum Gasteiger partial charge on any atom is 0.171 e. The van der Waals surface area contributed by atoms with Crippen LogP contribution in [0.15, 0.2) is 48.5 Å². The first-order chi connectivity index (χ1) is 19.1. The first-order valence-electron chi connectivity index (χ1n) is 15.1. The van der Waals surface area contributed by atoms with Crippen molar-refractivity contribution in [2.75, 3.05) is 53.5 Å². The van der Waals surface area contributed by atoms with Crippen molar-refractivity contribution in [3.8, 4) is 11.5 Å². The molecule has 0 bridgehead atoms. The number of carbonyl (C=O) groups is 2. The van der Waals surface area contributed by atoms with E-state index in [2.05, 4.69) is 0 Å². The summed E-state index contributed by atoms with van der Waals surface area (Å²) in [5, 5.41) is 0. The second kappa shape index (κ2) is 15.2. The van der Waals surface area contributed by atoms with Crippen molar-refractivity contribution in [1.29, 1.82) is 0 Å². The predicted molar refractivity (Wildman–Crippen MR) is 154 cm³/mol. The molecule has 2 heterocycles. The second-order valence-electron chi connectivity index (χ2n) is 11.6.